The molecular weight excluding hydrogens is 564 g/mol. The normalized spacial score (nSPS) is 12.6. The van der Waals surface area contributed by atoms with Gasteiger partial charge in [0, 0.05) is 31.3 Å². The van der Waals surface area contributed by atoms with Crippen LogP contribution in [0.4, 0.5) is 5.69 Å². The molecule has 0 heterocycles. The van der Waals surface area contributed by atoms with Gasteiger partial charge in [-0.05, 0) is 65.3 Å². The Kier molecular flexibility index (Phi) is 16.3. The summed E-state index contributed by atoms with van der Waals surface area (Å²) in [6, 6.07) is 5.52. The van der Waals surface area contributed by atoms with Gasteiger partial charge in [0.1, 0.15) is 6.04 Å². The molecule has 0 bridgehead atoms. The second kappa shape index (κ2) is 18.2. The Morgan fingerprint density at radius 1 is 0.800 bits per heavy atom. The van der Waals surface area contributed by atoms with Gasteiger partial charge >= 0.3 is 21.2 Å². The summed E-state index contributed by atoms with van der Waals surface area (Å²) in [5, 5.41) is 6.71. The van der Waals surface area contributed by atoms with Crippen molar-refractivity contribution in [3.8, 4) is 0 Å². The van der Waals surface area contributed by atoms with Gasteiger partial charge in [-0.1, -0.05) is 0 Å². The van der Waals surface area contributed by atoms with Crippen molar-refractivity contribution in [2.75, 3.05) is 51.9 Å². The zero-order chi connectivity index (χ0) is 30.2. The van der Waals surface area contributed by atoms with E-state index in [4.69, 9.17) is 22.8 Å². The molecule has 15 heteroatoms. The second-order valence-corrected chi connectivity index (χ2v) is 13.0. The molecule has 1 atom stereocenters. The van der Waals surface area contributed by atoms with E-state index in [0.29, 0.717) is 5.56 Å². The van der Waals surface area contributed by atoms with E-state index in [1.807, 2.05) is 0 Å². The lowest BCUT2D eigenvalue weighted by Gasteiger charge is -2.31. The van der Waals surface area contributed by atoms with Crippen molar-refractivity contribution in [1.29, 1.82) is 0 Å². The molecule has 0 spiro atoms. The van der Waals surface area contributed by atoms with Crippen molar-refractivity contribution in [3.63, 3.8) is 0 Å². The molecular formula is C25H43N3O10P2. The zero-order valence-electron chi connectivity index (χ0n) is 24.1. The minimum atomic E-state index is -4.05. The van der Waals surface area contributed by atoms with Gasteiger partial charge in [0.05, 0.1) is 33.0 Å². The largest absolute Gasteiger partial charge is 0.464 e. The van der Waals surface area contributed by atoms with Crippen LogP contribution in [-0.2, 0) is 41.6 Å². The molecule has 0 aliphatic rings. The molecule has 1 aromatic carbocycles. The molecule has 0 radical (unpaired) electrons. The fourth-order valence-electron chi connectivity index (χ4n) is 3.63. The molecule has 1 unspecified atom stereocenters. The molecule has 40 heavy (non-hydrogen) atoms. The van der Waals surface area contributed by atoms with E-state index in [2.05, 4.69) is 16.0 Å². The maximum atomic E-state index is 13.6. The number of nitrogens with one attached hydrogen (secondary N) is 3. The zero-order valence-corrected chi connectivity index (χ0v) is 25.9. The third kappa shape index (κ3) is 11.0. The Morgan fingerprint density at radius 2 is 1.30 bits per heavy atom. The summed E-state index contributed by atoms with van der Waals surface area (Å²) in [4.78, 5) is 38.1. The number of carbonyl (C=O) groups excluding carboxylic acids is 3. The highest BCUT2D eigenvalue weighted by Gasteiger charge is 2.51. The third-order valence-corrected chi connectivity index (χ3v) is 11.4. The first-order valence-electron chi connectivity index (χ1n) is 13.3. The number of hydrogen-bond donors (Lipinski definition) is 3. The molecule has 0 aliphatic carbocycles. The van der Waals surface area contributed by atoms with Gasteiger partial charge in [0.2, 0.25) is 5.91 Å². The van der Waals surface area contributed by atoms with E-state index in [-0.39, 0.29) is 45.9 Å². The number of esters is 1. The summed E-state index contributed by atoms with van der Waals surface area (Å²) in [5.74, 6) is -1.77. The molecule has 3 N–H and O–H groups in total. The monoisotopic (exact) mass is 607 g/mol. The standard InChI is InChI=1S/C25H43N3O10P2/c1-7-34-25(31)21(28-24(30)19-12-14-20(26-6)15-13-19)16-17-22(29)27-18-23(39(32,35-8-2)36-9-3)40(33,37-10-4)38-11-5/h12-15,21,23,26H,7-11,16-18H2,1-6H3,(H,27,29)(H,28,30). The quantitative estimate of drug-likeness (QED) is 0.144. The minimum absolute atomic E-state index is 0.00141. The molecule has 0 aliphatic heterocycles. The van der Waals surface area contributed by atoms with Crippen molar-refractivity contribution in [1.82, 2.24) is 10.6 Å². The molecule has 228 valence electrons. The predicted octanol–water partition coefficient (Wildman–Crippen LogP) is 4.14. The van der Waals surface area contributed by atoms with Crippen LogP contribution in [0.1, 0.15) is 57.8 Å². The first kappa shape index (κ1) is 35.8. The predicted molar refractivity (Wildman–Crippen MR) is 152 cm³/mol. The van der Waals surface area contributed by atoms with Crippen LogP contribution in [0.2, 0.25) is 0 Å². The van der Waals surface area contributed by atoms with E-state index >= 15 is 0 Å². The number of anilines is 1. The minimum Gasteiger partial charge on any atom is -0.464 e. The Hall–Kier alpha value is -2.27. The van der Waals surface area contributed by atoms with Gasteiger partial charge in [0.15, 0.2) is 5.40 Å². The van der Waals surface area contributed by atoms with E-state index < -0.39 is 51.0 Å². The lowest BCUT2D eigenvalue weighted by molar-refractivity contribution is -0.145. The van der Waals surface area contributed by atoms with Crippen LogP contribution in [0.15, 0.2) is 24.3 Å². The fraction of sp³-hybridized carbons (Fsp3) is 0.640. The highest BCUT2D eigenvalue weighted by molar-refractivity contribution is 7.72. The van der Waals surface area contributed by atoms with E-state index in [0.717, 1.165) is 5.69 Å². The first-order chi connectivity index (χ1) is 19.0. The van der Waals surface area contributed by atoms with Gasteiger partial charge in [-0.3, -0.25) is 18.7 Å². The Bertz CT molecular complexity index is 988. The molecule has 0 saturated heterocycles. The van der Waals surface area contributed by atoms with Crippen LogP contribution in [-0.4, -0.2) is 75.9 Å². The van der Waals surface area contributed by atoms with Gasteiger partial charge in [-0.2, -0.15) is 0 Å². The Balaban J connectivity index is 3.03. The first-order valence-corrected chi connectivity index (χ1v) is 16.6. The van der Waals surface area contributed by atoms with Crippen molar-refractivity contribution in [3.05, 3.63) is 29.8 Å². The molecule has 1 aromatic rings. The van der Waals surface area contributed by atoms with E-state index in [1.165, 1.54) is 0 Å². The number of rotatable bonds is 20. The summed E-state index contributed by atoms with van der Waals surface area (Å²) < 4.78 is 53.9. The fourth-order valence-corrected chi connectivity index (χ4v) is 8.72. The summed E-state index contributed by atoms with van der Waals surface area (Å²) in [6.07, 6.45) is -0.296. The molecule has 13 nitrogen and oxygen atoms in total. The average molecular weight is 608 g/mol. The van der Waals surface area contributed by atoms with Crippen LogP contribution in [0.3, 0.4) is 0 Å². The second-order valence-electron chi connectivity index (χ2n) is 8.18. The number of ether oxygens (including phenoxy) is 1. The van der Waals surface area contributed by atoms with Crippen LogP contribution >= 0.6 is 15.2 Å². The molecule has 2 amide bonds. The van der Waals surface area contributed by atoms with Crippen LogP contribution < -0.4 is 16.0 Å². The molecule has 0 aromatic heterocycles. The SMILES string of the molecule is CCOC(=O)C(CCC(=O)NCC(P(=O)(OCC)OCC)P(=O)(OCC)OCC)NC(=O)c1ccc(NC)cc1. The topological polar surface area (TPSA) is 168 Å². The summed E-state index contributed by atoms with van der Waals surface area (Å²) in [7, 11) is -6.36. The Labute approximate surface area is 236 Å². The molecule has 0 saturated carbocycles. The highest BCUT2D eigenvalue weighted by Crippen LogP contribution is 2.70. The summed E-state index contributed by atoms with van der Waals surface area (Å²) in [6.45, 7) is 7.72. The third-order valence-electron chi connectivity index (χ3n) is 5.42. The van der Waals surface area contributed by atoms with Crippen molar-refractivity contribution < 1.29 is 46.3 Å². The smallest absolute Gasteiger partial charge is 0.347 e. The van der Waals surface area contributed by atoms with Gasteiger partial charge < -0.3 is 38.8 Å². The lowest BCUT2D eigenvalue weighted by Crippen LogP contribution is -2.43. The molecule has 0 fully saturated rings. The van der Waals surface area contributed by atoms with E-state index in [1.54, 1.807) is 65.9 Å². The lowest BCUT2D eigenvalue weighted by atomic mass is 10.1. The van der Waals surface area contributed by atoms with Crippen LogP contribution in [0.5, 0.6) is 0 Å². The Morgan fingerprint density at radius 3 is 1.73 bits per heavy atom. The maximum absolute atomic E-state index is 13.6. The number of amides is 2. The molecule has 1 rings (SSSR count). The number of carbonyl (C=O) groups is 3. The summed E-state index contributed by atoms with van der Waals surface area (Å²) in [5.41, 5.74) is 1.13. The van der Waals surface area contributed by atoms with Crippen molar-refractivity contribution in [2.24, 2.45) is 0 Å². The summed E-state index contributed by atoms with van der Waals surface area (Å²) >= 11 is 0. The highest BCUT2D eigenvalue weighted by atomic mass is 31.2. The van der Waals surface area contributed by atoms with Gasteiger partial charge in [-0.25, -0.2) is 4.79 Å². The van der Waals surface area contributed by atoms with Crippen LogP contribution in [0, 0.1) is 0 Å². The number of hydrogen-bond acceptors (Lipinski definition) is 11. The van der Waals surface area contributed by atoms with Gasteiger partial charge in [0.25, 0.3) is 5.91 Å². The van der Waals surface area contributed by atoms with Crippen molar-refractivity contribution >= 4 is 38.7 Å². The van der Waals surface area contributed by atoms with E-state index in [9.17, 15) is 23.5 Å². The van der Waals surface area contributed by atoms with Gasteiger partial charge in [-0.15, -0.1) is 0 Å². The average Bonchev–Trinajstić information content (AvgIpc) is 2.91. The number of benzene rings is 1. The van der Waals surface area contributed by atoms with Crippen molar-refractivity contribution in [2.45, 2.75) is 58.9 Å². The maximum Gasteiger partial charge on any atom is 0.347 e. The van der Waals surface area contributed by atoms with Crippen LogP contribution in [0.25, 0.3) is 0 Å².